The number of carbonyl (C=O) groups is 1. The minimum absolute atomic E-state index is 0.0762. The van der Waals surface area contributed by atoms with Crippen LogP contribution in [0.4, 0.5) is 0 Å². The quantitative estimate of drug-likeness (QED) is 0.575. The summed E-state index contributed by atoms with van der Waals surface area (Å²) in [5.41, 5.74) is 3.24. The van der Waals surface area contributed by atoms with Crippen LogP contribution in [0, 0.1) is 6.92 Å². The molecule has 5 nitrogen and oxygen atoms in total. The lowest BCUT2D eigenvalue weighted by Gasteiger charge is -2.43. The van der Waals surface area contributed by atoms with Crippen LogP contribution in [0.25, 0.3) is 10.9 Å². The molecule has 3 aromatic rings. The molecule has 5 heteroatoms. The molecule has 2 aromatic carbocycles. The Hall–Kier alpha value is -2.63. The van der Waals surface area contributed by atoms with E-state index in [1.807, 2.05) is 61.5 Å². The molecule has 0 saturated carbocycles. The van der Waals surface area contributed by atoms with Crippen LogP contribution in [-0.2, 0) is 16.8 Å². The summed E-state index contributed by atoms with van der Waals surface area (Å²) in [6.07, 6.45) is 0.253. The Balaban J connectivity index is 1.63. The van der Waals surface area contributed by atoms with E-state index < -0.39 is 11.6 Å². The molecule has 140 valence electrons. The number of aromatic nitrogens is 1. The Kier molecular flexibility index (Phi) is 4.72. The van der Waals surface area contributed by atoms with Crippen molar-refractivity contribution in [3.63, 3.8) is 0 Å². The monoisotopic (exact) mass is 363 g/mol. The van der Waals surface area contributed by atoms with Gasteiger partial charge in [-0.15, -0.1) is 0 Å². The SMILES string of the molecule is Cc1[nH]c2ccccc2c1CC(=O)N[C@]1(c2ccccc2)CCNC[C@H]1O. The van der Waals surface area contributed by atoms with Crippen molar-refractivity contribution >= 4 is 16.8 Å². The molecule has 2 atom stereocenters. The van der Waals surface area contributed by atoms with Gasteiger partial charge < -0.3 is 20.7 Å². The number of aryl methyl sites for hydroxylation is 1. The van der Waals surface area contributed by atoms with Crippen LogP contribution in [0.1, 0.15) is 23.2 Å². The number of para-hydroxylation sites is 1. The number of fused-ring (bicyclic) bond motifs is 1. The van der Waals surface area contributed by atoms with Crippen molar-refractivity contribution in [1.29, 1.82) is 0 Å². The summed E-state index contributed by atoms with van der Waals surface area (Å²) in [6.45, 7) is 3.20. The maximum atomic E-state index is 13.0. The summed E-state index contributed by atoms with van der Waals surface area (Å²) in [5, 5.41) is 18.3. The standard InChI is InChI=1S/C22H25N3O2/c1-15-18(17-9-5-6-10-19(17)24-15)13-21(27)25-22(11-12-23-14-20(22)26)16-7-3-2-4-8-16/h2-10,20,23-24,26H,11-14H2,1H3,(H,25,27)/t20-,22+/m1/s1. The fraction of sp³-hybridized carbons (Fsp3) is 0.318. The zero-order chi connectivity index (χ0) is 18.9. The first-order chi connectivity index (χ1) is 13.1. The molecule has 1 amide bonds. The van der Waals surface area contributed by atoms with E-state index in [-0.39, 0.29) is 12.3 Å². The van der Waals surface area contributed by atoms with Gasteiger partial charge in [-0.3, -0.25) is 4.79 Å². The average Bonchev–Trinajstić information content (AvgIpc) is 3.00. The van der Waals surface area contributed by atoms with Gasteiger partial charge in [-0.1, -0.05) is 48.5 Å². The lowest BCUT2D eigenvalue weighted by atomic mass is 9.79. The van der Waals surface area contributed by atoms with E-state index in [9.17, 15) is 9.90 Å². The second-order valence-corrected chi connectivity index (χ2v) is 7.31. The second kappa shape index (κ2) is 7.18. The molecule has 1 fully saturated rings. The number of nitrogens with one attached hydrogen (secondary N) is 3. The number of rotatable bonds is 4. The highest BCUT2D eigenvalue weighted by molar-refractivity contribution is 5.90. The molecule has 4 rings (SSSR count). The molecular formula is C22H25N3O2. The number of carbonyl (C=O) groups excluding carboxylic acids is 1. The predicted octanol–water partition coefficient (Wildman–Crippen LogP) is 2.38. The normalized spacial score (nSPS) is 22.7. The lowest BCUT2D eigenvalue weighted by molar-refractivity contribution is -0.125. The molecule has 1 saturated heterocycles. The maximum absolute atomic E-state index is 13.0. The molecule has 0 spiro atoms. The number of benzene rings is 2. The third kappa shape index (κ3) is 3.24. The number of H-pyrrole nitrogens is 1. The Labute approximate surface area is 158 Å². The summed E-state index contributed by atoms with van der Waals surface area (Å²) >= 11 is 0. The molecular weight excluding hydrogens is 338 g/mol. The minimum Gasteiger partial charge on any atom is -0.389 e. The number of aliphatic hydroxyl groups is 1. The van der Waals surface area contributed by atoms with Crippen LogP contribution in [0.15, 0.2) is 54.6 Å². The smallest absolute Gasteiger partial charge is 0.225 e. The highest BCUT2D eigenvalue weighted by Gasteiger charge is 2.42. The first-order valence-electron chi connectivity index (χ1n) is 9.42. The van der Waals surface area contributed by atoms with E-state index in [1.165, 1.54) is 0 Å². The Bertz CT molecular complexity index is 951. The zero-order valence-corrected chi connectivity index (χ0v) is 15.5. The molecule has 4 N–H and O–H groups in total. The zero-order valence-electron chi connectivity index (χ0n) is 15.5. The molecule has 0 bridgehead atoms. The van der Waals surface area contributed by atoms with Crippen molar-refractivity contribution in [2.45, 2.75) is 31.4 Å². The van der Waals surface area contributed by atoms with Gasteiger partial charge in [0.15, 0.2) is 0 Å². The van der Waals surface area contributed by atoms with E-state index >= 15 is 0 Å². The molecule has 27 heavy (non-hydrogen) atoms. The van der Waals surface area contributed by atoms with Crippen molar-refractivity contribution in [3.8, 4) is 0 Å². The first-order valence-corrected chi connectivity index (χ1v) is 9.42. The molecule has 1 aliphatic heterocycles. The summed E-state index contributed by atoms with van der Waals surface area (Å²) in [4.78, 5) is 16.4. The number of β-amino-alcohol motifs (C(OH)–C–C–N with tert-alkyl or cyclic N) is 1. The van der Waals surface area contributed by atoms with Gasteiger partial charge in [0.25, 0.3) is 0 Å². The maximum Gasteiger partial charge on any atom is 0.225 e. The minimum atomic E-state index is -0.760. The van der Waals surface area contributed by atoms with Crippen LogP contribution >= 0.6 is 0 Å². The van der Waals surface area contributed by atoms with Gasteiger partial charge in [-0.05, 0) is 37.1 Å². The summed E-state index contributed by atoms with van der Waals surface area (Å²) in [7, 11) is 0. The van der Waals surface area contributed by atoms with E-state index in [2.05, 4.69) is 15.6 Å². The number of aliphatic hydroxyl groups excluding tert-OH is 1. The lowest BCUT2D eigenvalue weighted by Crippen LogP contribution is -2.61. The fourth-order valence-corrected chi connectivity index (χ4v) is 4.17. The largest absolute Gasteiger partial charge is 0.389 e. The Morgan fingerprint density at radius 2 is 1.93 bits per heavy atom. The van der Waals surface area contributed by atoms with E-state index in [4.69, 9.17) is 0 Å². The van der Waals surface area contributed by atoms with Crippen molar-refractivity contribution in [3.05, 3.63) is 71.4 Å². The van der Waals surface area contributed by atoms with Crippen LogP contribution < -0.4 is 10.6 Å². The van der Waals surface area contributed by atoms with Gasteiger partial charge in [0.1, 0.15) is 0 Å². The number of amides is 1. The highest BCUT2D eigenvalue weighted by atomic mass is 16.3. The highest BCUT2D eigenvalue weighted by Crippen LogP contribution is 2.31. The van der Waals surface area contributed by atoms with E-state index in [0.717, 1.165) is 34.3 Å². The van der Waals surface area contributed by atoms with Gasteiger partial charge >= 0.3 is 0 Å². The predicted molar refractivity (Wildman–Crippen MR) is 106 cm³/mol. The van der Waals surface area contributed by atoms with Crippen molar-refractivity contribution < 1.29 is 9.90 Å². The van der Waals surface area contributed by atoms with Crippen LogP contribution in [0.3, 0.4) is 0 Å². The van der Waals surface area contributed by atoms with Gasteiger partial charge in [-0.2, -0.15) is 0 Å². The van der Waals surface area contributed by atoms with Crippen LogP contribution in [0.2, 0.25) is 0 Å². The molecule has 0 unspecified atom stereocenters. The number of aromatic amines is 1. The van der Waals surface area contributed by atoms with Gasteiger partial charge in [0, 0.05) is 23.1 Å². The van der Waals surface area contributed by atoms with Gasteiger partial charge in [-0.25, -0.2) is 0 Å². The van der Waals surface area contributed by atoms with E-state index in [0.29, 0.717) is 13.0 Å². The molecule has 0 radical (unpaired) electrons. The fourth-order valence-electron chi connectivity index (χ4n) is 4.17. The number of piperidine rings is 1. The summed E-state index contributed by atoms with van der Waals surface area (Å²) < 4.78 is 0. The first kappa shape index (κ1) is 17.8. The van der Waals surface area contributed by atoms with Gasteiger partial charge in [0.2, 0.25) is 5.91 Å². The van der Waals surface area contributed by atoms with Crippen LogP contribution in [0.5, 0.6) is 0 Å². The molecule has 1 aromatic heterocycles. The molecule has 2 heterocycles. The average molecular weight is 363 g/mol. The summed E-state index contributed by atoms with van der Waals surface area (Å²) in [6, 6.07) is 17.8. The Morgan fingerprint density at radius 1 is 1.19 bits per heavy atom. The van der Waals surface area contributed by atoms with Crippen molar-refractivity contribution in [2.24, 2.45) is 0 Å². The van der Waals surface area contributed by atoms with Crippen molar-refractivity contribution in [2.75, 3.05) is 13.1 Å². The number of hydrogen-bond donors (Lipinski definition) is 4. The van der Waals surface area contributed by atoms with E-state index in [1.54, 1.807) is 0 Å². The third-order valence-electron chi connectivity index (χ3n) is 5.62. The molecule has 0 aliphatic carbocycles. The second-order valence-electron chi connectivity index (χ2n) is 7.31. The summed E-state index contributed by atoms with van der Waals surface area (Å²) in [5.74, 6) is -0.0762. The number of hydrogen-bond acceptors (Lipinski definition) is 3. The third-order valence-corrected chi connectivity index (χ3v) is 5.62. The van der Waals surface area contributed by atoms with Crippen molar-refractivity contribution in [1.82, 2.24) is 15.6 Å². The van der Waals surface area contributed by atoms with Gasteiger partial charge in [0.05, 0.1) is 18.1 Å². The van der Waals surface area contributed by atoms with Crippen LogP contribution in [-0.4, -0.2) is 35.2 Å². The topological polar surface area (TPSA) is 77.2 Å². The Morgan fingerprint density at radius 3 is 2.70 bits per heavy atom. The molecule has 1 aliphatic rings.